The minimum atomic E-state index is -4.60. The average Bonchev–Trinajstić information content (AvgIpc) is 2.77. The highest BCUT2D eigenvalue weighted by Crippen LogP contribution is 2.40. The van der Waals surface area contributed by atoms with Crippen LogP contribution < -0.4 is 10.1 Å². The Morgan fingerprint density at radius 3 is 2.24 bits per heavy atom. The molecule has 0 amide bonds. The molecule has 1 aliphatic rings. The third kappa shape index (κ3) is 4.91. The van der Waals surface area contributed by atoms with Crippen molar-refractivity contribution in [3.8, 4) is 16.9 Å². The first-order valence-corrected chi connectivity index (χ1v) is 10.1. The van der Waals surface area contributed by atoms with E-state index in [-0.39, 0.29) is 11.8 Å². The van der Waals surface area contributed by atoms with E-state index >= 15 is 0 Å². The van der Waals surface area contributed by atoms with Gasteiger partial charge in [-0.2, -0.15) is 30.7 Å². The zero-order chi connectivity index (χ0) is 23.8. The number of benzene rings is 3. The highest BCUT2D eigenvalue weighted by atomic mass is 19.4. The van der Waals surface area contributed by atoms with Crippen LogP contribution in [0.4, 0.5) is 36.4 Å². The summed E-state index contributed by atoms with van der Waals surface area (Å²) in [6, 6.07) is 15.6. The molecule has 174 valence electrons. The monoisotopic (exact) mass is 469 g/mol. The maximum atomic E-state index is 13.2. The summed E-state index contributed by atoms with van der Waals surface area (Å²) >= 11 is 0. The van der Waals surface area contributed by atoms with Crippen LogP contribution in [0.1, 0.15) is 29.2 Å². The summed E-state index contributed by atoms with van der Waals surface area (Å²) in [4.78, 5) is 0. The van der Waals surface area contributed by atoms with E-state index in [0.29, 0.717) is 24.0 Å². The summed E-state index contributed by atoms with van der Waals surface area (Å²) in [6.07, 6.45) is -11.8. The summed E-state index contributed by atoms with van der Waals surface area (Å²) in [5.41, 5.74) is 2.97. The largest absolute Gasteiger partial charge is 0.461 e. The van der Waals surface area contributed by atoms with Crippen molar-refractivity contribution in [2.75, 3.05) is 5.32 Å². The van der Waals surface area contributed by atoms with Crippen LogP contribution in [0, 0.1) is 0 Å². The van der Waals surface area contributed by atoms with Gasteiger partial charge in [-0.3, -0.25) is 0 Å². The fourth-order valence-electron chi connectivity index (χ4n) is 3.90. The van der Waals surface area contributed by atoms with E-state index in [1.807, 2.05) is 12.1 Å². The third-order valence-electron chi connectivity index (χ3n) is 5.48. The van der Waals surface area contributed by atoms with Crippen LogP contribution in [0.3, 0.4) is 0 Å². The molecule has 9 heteroatoms. The number of nitrogens with one attached hydrogen (secondary N) is 1. The van der Waals surface area contributed by atoms with Crippen molar-refractivity contribution in [3.05, 3.63) is 83.4 Å². The highest BCUT2D eigenvalue weighted by Gasteiger charge is 2.44. The molecule has 0 aromatic heterocycles. The standard InChI is InChI=1S/C24H18F7NO/c25-22(26)24(30,31)33-17-4-1-3-15(13-17)20-12-11-19-18(5-2-6-21(19)32-20)14-7-9-16(10-8-14)23(27,28)29/h1-10,13,20,22,32H,11-12H2. The van der Waals surface area contributed by atoms with Gasteiger partial charge in [-0.15, -0.1) is 0 Å². The van der Waals surface area contributed by atoms with E-state index in [4.69, 9.17) is 0 Å². The molecule has 3 aromatic rings. The lowest BCUT2D eigenvalue weighted by Crippen LogP contribution is -2.33. The van der Waals surface area contributed by atoms with E-state index in [0.717, 1.165) is 28.9 Å². The molecule has 1 aliphatic heterocycles. The SMILES string of the molecule is FC(F)C(F)(F)Oc1cccc(C2CCc3c(cccc3-c3ccc(C(F)(F)F)cc3)N2)c1. The van der Waals surface area contributed by atoms with Gasteiger partial charge in [0.05, 0.1) is 11.6 Å². The van der Waals surface area contributed by atoms with Crippen molar-refractivity contribution < 1.29 is 35.5 Å². The number of ether oxygens (including phenoxy) is 1. The topological polar surface area (TPSA) is 21.3 Å². The lowest BCUT2D eigenvalue weighted by atomic mass is 9.88. The third-order valence-corrected chi connectivity index (χ3v) is 5.48. The van der Waals surface area contributed by atoms with E-state index < -0.39 is 24.3 Å². The molecule has 4 rings (SSSR count). The maximum Gasteiger partial charge on any atom is 0.461 e. The Balaban J connectivity index is 1.56. The molecule has 33 heavy (non-hydrogen) atoms. The van der Waals surface area contributed by atoms with Crippen LogP contribution in [0.2, 0.25) is 0 Å². The van der Waals surface area contributed by atoms with Crippen LogP contribution in [-0.2, 0) is 12.6 Å². The molecule has 1 atom stereocenters. The number of rotatable bonds is 5. The molecule has 0 bridgehead atoms. The van der Waals surface area contributed by atoms with Crippen molar-refractivity contribution in [1.82, 2.24) is 0 Å². The van der Waals surface area contributed by atoms with Crippen molar-refractivity contribution >= 4 is 5.69 Å². The Morgan fingerprint density at radius 1 is 0.879 bits per heavy atom. The van der Waals surface area contributed by atoms with Gasteiger partial charge in [0.1, 0.15) is 5.75 Å². The highest BCUT2D eigenvalue weighted by molar-refractivity contribution is 5.75. The minimum absolute atomic E-state index is 0.288. The van der Waals surface area contributed by atoms with E-state index in [1.54, 1.807) is 12.1 Å². The maximum absolute atomic E-state index is 13.2. The quantitative estimate of drug-likeness (QED) is 0.387. The van der Waals surface area contributed by atoms with E-state index in [9.17, 15) is 30.7 Å². The van der Waals surface area contributed by atoms with Crippen LogP contribution in [0.15, 0.2) is 66.7 Å². The smallest absolute Gasteiger partial charge is 0.428 e. The zero-order valence-electron chi connectivity index (χ0n) is 17.0. The predicted octanol–water partition coefficient (Wildman–Crippen LogP) is 7.71. The van der Waals surface area contributed by atoms with Crippen LogP contribution in [0.5, 0.6) is 5.75 Å². The fourth-order valence-corrected chi connectivity index (χ4v) is 3.90. The second-order valence-corrected chi connectivity index (χ2v) is 7.68. The molecule has 1 heterocycles. The molecule has 0 saturated heterocycles. The van der Waals surface area contributed by atoms with Gasteiger partial charge in [0.2, 0.25) is 0 Å². The summed E-state index contributed by atoms with van der Waals surface area (Å²) in [7, 11) is 0. The normalized spacial score (nSPS) is 16.3. The summed E-state index contributed by atoms with van der Waals surface area (Å²) in [6.45, 7) is 0. The number of hydrogen-bond donors (Lipinski definition) is 1. The Kier molecular flexibility index (Phi) is 5.99. The average molecular weight is 469 g/mol. The van der Waals surface area contributed by atoms with Gasteiger partial charge in [-0.25, -0.2) is 0 Å². The molecular formula is C24H18F7NO. The van der Waals surface area contributed by atoms with Gasteiger partial charge in [-0.05, 0) is 65.4 Å². The molecule has 1 N–H and O–H groups in total. The number of hydrogen-bond acceptors (Lipinski definition) is 2. The van der Waals surface area contributed by atoms with E-state index in [2.05, 4.69) is 10.1 Å². The Hall–Kier alpha value is -3.23. The molecule has 0 spiro atoms. The van der Waals surface area contributed by atoms with Crippen molar-refractivity contribution in [3.63, 3.8) is 0 Å². The van der Waals surface area contributed by atoms with Crippen molar-refractivity contribution in [1.29, 1.82) is 0 Å². The number of fused-ring (bicyclic) bond motifs is 1. The fraction of sp³-hybridized carbons (Fsp3) is 0.250. The summed E-state index contributed by atoms with van der Waals surface area (Å²) in [5, 5.41) is 3.30. The first kappa shape index (κ1) is 22.9. The minimum Gasteiger partial charge on any atom is -0.428 e. The predicted molar refractivity (Wildman–Crippen MR) is 110 cm³/mol. The molecule has 0 aliphatic carbocycles. The van der Waals surface area contributed by atoms with Gasteiger partial charge in [0, 0.05) is 5.69 Å². The van der Waals surface area contributed by atoms with Crippen LogP contribution in [0.25, 0.3) is 11.1 Å². The van der Waals surface area contributed by atoms with Gasteiger partial charge in [0.15, 0.2) is 0 Å². The molecule has 3 aromatic carbocycles. The van der Waals surface area contributed by atoms with Crippen LogP contribution in [-0.4, -0.2) is 12.5 Å². The lowest BCUT2D eigenvalue weighted by Gasteiger charge is -2.29. The Morgan fingerprint density at radius 2 is 1.58 bits per heavy atom. The first-order chi connectivity index (χ1) is 15.5. The van der Waals surface area contributed by atoms with Crippen molar-refractivity contribution in [2.45, 2.75) is 37.6 Å². The Bertz CT molecular complexity index is 1130. The van der Waals surface area contributed by atoms with Gasteiger partial charge >= 0.3 is 18.7 Å². The lowest BCUT2D eigenvalue weighted by molar-refractivity contribution is -0.253. The second kappa shape index (κ2) is 8.61. The second-order valence-electron chi connectivity index (χ2n) is 7.68. The number of alkyl halides is 7. The number of halogens is 7. The molecule has 0 fully saturated rings. The van der Waals surface area contributed by atoms with Crippen LogP contribution >= 0.6 is 0 Å². The van der Waals surface area contributed by atoms with Crippen molar-refractivity contribution in [2.24, 2.45) is 0 Å². The van der Waals surface area contributed by atoms with Gasteiger partial charge in [-0.1, -0.05) is 36.4 Å². The number of anilines is 1. The molecule has 2 nitrogen and oxygen atoms in total. The molecule has 1 unspecified atom stereocenters. The summed E-state index contributed by atoms with van der Waals surface area (Å²) < 4.78 is 94.1. The summed E-state index contributed by atoms with van der Waals surface area (Å²) in [5.74, 6) is -0.371. The molecular weight excluding hydrogens is 451 g/mol. The van der Waals surface area contributed by atoms with Gasteiger partial charge in [0.25, 0.3) is 0 Å². The first-order valence-electron chi connectivity index (χ1n) is 10.1. The van der Waals surface area contributed by atoms with E-state index in [1.165, 1.54) is 30.3 Å². The van der Waals surface area contributed by atoms with Gasteiger partial charge < -0.3 is 10.1 Å². The molecule has 0 saturated carbocycles. The zero-order valence-corrected chi connectivity index (χ0v) is 17.0. The Labute approximate surface area is 185 Å². The molecule has 0 radical (unpaired) electrons.